The van der Waals surface area contributed by atoms with Crippen LogP contribution < -0.4 is 0 Å². The van der Waals surface area contributed by atoms with Gasteiger partial charge in [-0.05, 0) is 23.8 Å². The number of rotatable bonds is 1. The summed E-state index contributed by atoms with van der Waals surface area (Å²) < 4.78 is 0.775. The number of aromatic hydroxyl groups is 1. The van der Waals surface area contributed by atoms with E-state index in [1.807, 2.05) is 0 Å². The smallest absolute Gasteiger partial charge is 0.117 e. The van der Waals surface area contributed by atoms with Crippen LogP contribution in [0.5, 0.6) is 5.75 Å². The van der Waals surface area contributed by atoms with Crippen LogP contribution >= 0.6 is 15.9 Å². The number of hydrogen-bond acceptors (Lipinski definition) is 2. The van der Waals surface area contributed by atoms with Crippen molar-refractivity contribution in [2.45, 2.75) is 6.61 Å². The number of hydrogen-bond donors (Lipinski definition) is 2. The quantitative estimate of drug-likeness (QED) is 0.728. The number of phenolic OH excluding ortho intramolecular Hbond substituents is 1. The van der Waals surface area contributed by atoms with Gasteiger partial charge in [0.1, 0.15) is 5.75 Å². The Morgan fingerprint density at radius 3 is 2.50 bits per heavy atom. The van der Waals surface area contributed by atoms with Gasteiger partial charge in [0.05, 0.1) is 6.61 Å². The third-order valence-corrected chi connectivity index (χ3v) is 1.58. The minimum Gasteiger partial charge on any atom is -0.508 e. The molecule has 0 bridgehead atoms. The van der Waals surface area contributed by atoms with Crippen LogP contribution in [-0.4, -0.2) is 10.2 Å². The van der Waals surface area contributed by atoms with E-state index in [2.05, 4.69) is 15.9 Å². The number of aliphatic hydroxyl groups is 1. The second-order valence-corrected chi connectivity index (χ2v) is 2.89. The van der Waals surface area contributed by atoms with Crippen molar-refractivity contribution in [2.75, 3.05) is 0 Å². The van der Waals surface area contributed by atoms with Crippen molar-refractivity contribution in [1.29, 1.82) is 0 Å². The third kappa shape index (κ3) is 1.72. The molecule has 1 rings (SSSR count). The monoisotopic (exact) mass is 202 g/mol. The largest absolute Gasteiger partial charge is 0.508 e. The fourth-order valence-corrected chi connectivity index (χ4v) is 1.25. The molecule has 2 N–H and O–H groups in total. The van der Waals surface area contributed by atoms with Gasteiger partial charge in [-0.15, -0.1) is 0 Å². The fourth-order valence-electron chi connectivity index (χ4n) is 0.725. The van der Waals surface area contributed by atoms with E-state index in [-0.39, 0.29) is 12.4 Å². The molecule has 0 unspecified atom stereocenters. The summed E-state index contributed by atoms with van der Waals surface area (Å²) in [6.45, 7) is -0.0486. The van der Waals surface area contributed by atoms with Crippen molar-refractivity contribution in [2.24, 2.45) is 0 Å². The molecule has 0 aliphatic heterocycles. The highest BCUT2D eigenvalue weighted by Gasteiger charge is 1.95. The van der Waals surface area contributed by atoms with Gasteiger partial charge in [0.2, 0.25) is 0 Å². The van der Waals surface area contributed by atoms with Crippen molar-refractivity contribution in [1.82, 2.24) is 0 Å². The molecule has 10 heavy (non-hydrogen) atoms. The van der Waals surface area contributed by atoms with Crippen LogP contribution in [0.15, 0.2) is 22.7 Å². The van der Waals surface area contributed by atoms with Gasteiger partial charge in [-0.1, -0.05) is 15.9 Å². The number of benzene rings is 1. The molecule has 0 aromatic heterocycles. The summed E-state index contributed by atoms with van der Waals surface area (Å²) in [7, 11) is 0. The Labute approximate surface area is 67.3 Å². The number of halogens is 1. The summed E-state index contributed by atoms with van der Waals surface area (Å²) in [6.07, 6.45) is 0. The first kappa shape index (κ1) is 7.57. The highest BCUT2D eigenvalue weighted by Crippen LogP contribution is 2.19. The predicted molar refractivity (Wildman–Crippen MR) is 41.7 cm³/mol. The molecular weight excluding hydrogens is 196 g/mol. The van der Waals surface area contributed by atoms with Gasteiger partial charge in [-0.2, -0.15) is 0 Å². The van der Waals surface area contributed by atoms with Crippen molar-refractivity contribution in [3.05, 3.63) is 28.2 Å². The third-order valence-electron chi connectivity index (χ3n) is 1.12. The van der Waals surface area contributed by atoms with Crippen LogP contribution in [0.1, 0.15) is 5.56 Å². The highest BCUT2D eigenvalue weighted by molar-refractivity contribution is 9.10. The van der Waals surface area contributed by atoms with Gasteiger partial charge in [0.25, 0.3) is 0 Å². The first-order valence-corrected chi connectivity index (χ1v) is 3.61. The molecule has 0 saturated carbocycles. The summed E-state index contributed by atoms with van der Waals surface area (Å²) in [5.74, 6) is 0.165. The molecule has 0 spiro atoms. The SMILES string of the molecule is OCc1cc(O)cc(Br)c1. The Morgan fingerprint density at radius 1 is 1.30 bits per heavy atom. The van der Waals surface area contributed by atoms with Crippen LogP contribution in [-0.2, 0) is 6.61 Å². The van der Waals surface area contributed by atoms with Crippen molar-refractivity contribution in [3.63, 3.8) is 0 Å². The molecule has 0 amide bonds. The van der Waals surface area contributed by atoms with Crippen molar-refractivity contribution in [3.8, 4) is 5.75 Å². The van der Waals surface area contributed by atoms with Crippen LogP contribution in [0.3, 0.4) is 0 Å². The van der Waals surface area contributed by atoms with Gasteiger partial charge in [0.15, 0.2) is 0 Å². The molecule has 0 radical (unpaired) electrons. The molecule has 0 heterocycles. The molecule has 54 valence electrons. The maximum Gasteiger partial charge on any atom is 0.117 e. The first-order valence-electron chi connectivity index (χ1n) is 2.81. The van der Waals surface area contributed by atoms with Gasteiger partial charge in [-0.3, -0.25) is 0 Å². The summed E-state index contributed by atoms with van der Waals surface area (Å²) >= 11 is 3.18. The lowest BCUT2D eigenvalue weighted by molar-refractivity contribution is 0.281. The number of phenols is 1. The molecule has 1 aromatic rings. The Morgan fingerprint density at radius 2 is 2.00 bits per heavy atom. The van der Waals surface area contributed by atoms with Crippen molar-refractivity contribution < 1.29 is 10.2 Å². The van der Waals surface area contributed by atoms with Crippen LogP contribution in [0.2, 0.25) is 0 Å². The lowest BCUT2D eigenvalue weighted by Crippen LogP contribution is -1.81. The van der Waals surface area contributed by atoms with E-state index < -0.39 is 0 Å². The van der Waals surface area contributed by atoms with E-state index >= 15 is 0 Å². The maximum absolute atomic E-state index is 8.98. The standard InChI is InChI=1S/C7H7BrO2/c8-6-1-5(4-9)2-7(10)3-6/h1-3,9-10H,4H2. The Bertz CT molecular complexity index is 215. The van der Waals surface area contributed by atoms with Gasteiger partial charge in [-0.25, -0.2) is 0 Å². The molecule has 2 nitrogen and oxygen atoms in total. The number of aliphatic hydroxyl groups excluding tert-OH is 1. The molecule has 3 heteroatoms. The van der Waals surface area contributed by atoms with Gasteiger partial charge in [0, 0.05) is 4.47 Å². The second kappa shape index (κ2) is 3.03. The van der Waals surface area contributed by atoms with E-state index in [1.165, 1.54) is 6.07 Å². The predicted octanol–water partition coefficient (Wildman–Crippen LogP) is 1.65. The van der Waals surface area contributed by atoms with Crippen molar-refractivity contribution >= 4 is 15.9 Å². The fraction of sp³-hybridized carbons (Fsp3) is 0.143. The molecule has 0 atom stereocenters. The average Bonchev–Trinajstić information content (AvgIpc) is 1.85. The Kier molecular flexibility index (Phi) is 2.29. The summed E-state index contributed by atoms with van der Waals surface area (Å²) in [5.41, 5.74) is 0.701. The van der Waals surface area contributed by atoms with E-state index in [9.17, 15) is 0 Å². The summed E-state index contributed by atoms with van der Waals surface area (Å²) in [5, 5.41) is 17.6. The topological polar surface area (TPSA) is 40.5 Å². The van der Waals surface area contributed by atoms with E-state index in [0.717, 1.165) is 4.47 Å². The molecule has 1 aromatic carbocycles. The normalized spacial score (nSPS) is 9.80. The minimum absolute atomic E-state index is 0.0486. The first-order chi connectivity index (χ1) is 4.72. The van der Waals surface area contributed by atoms with Crippen LogP contribution in [0.25, 0.3) is 0 Å². The van der Waals surface area contributed by atoms with Crippen LogP contribution in [0, 0.1) is 0 Å². The lowest BCUT2D eigenvalue weighted by atomic mass is 10.2. The Hall–Kier alpha value is -0.540. The minimum atomic E-state index is -0.0486. The zero-order valence-electron chi connectivity index (χ0n) is 5.21. The van der Waals surface area contributed by atoms with Gasteiger partial charge >= 0.3 is 0 Å². The van der Waals surface area contributed by atoms with Gasteiger partial charge < -0.3 is 10.2 Å². The molecule has 0 aliphatic carbocycles. The van der Waals surface area contributed by atoms with E-state index in [0.29, 0.717) is 5.56 Å². The summed E-state index contributed by atoms with van der Waals surface area (Å²) in [4.78, 5) is 0. The average molecular weight is 203 g/mol. The molecular formula is C7H7BrO2. The molecule has 0 fully saturated rings. The lowest BCUT2D eigenvalue weighted by Gasteiger charge is -1.97. The zero-order valence-corrected chi connectivity index (χ0v) is 6.80. The molecule has 0 aliphatic rings. The Balaban J connectivity index is 3.06. The van der Waals surface area contributed by atoms with E-state index in [4.69, 9.17) is 10.2 Å². The van der Waals surface area contributed by atoms with Crippen LogP contribution in [0.4, 0.5) is 0 Å². The zero-order chi connectivity index (χ0) is 7.56. The highest BCUT2D eigenvalue weighted by atomic mass is 79.9. The second-order valence-electron chi connectivity index (χ2n) is 1.98. The summed E-state index contributed by atoms with van der Waals surface area (Å²) in [6, 6.07) is 4.84. The van der Waals surface area contributed by atoms with E-state index in [1.54, 1.807) is 12.1 Å². The maximum atomic E-state index is 8.98. The molecule has 0 saturated heterocycles.